The average Bonchev–Trinajstić information content (AvgIpc) is 3.19. The van der Waals surface area contributed by atoms with Crippen molar-refractivity contribution in [3.63, 3.8) is 0 Å². The van der Waals surface area contributed by atoms with Crippen molar-refractivity contribution in [2.24, 2.45) is 0 Å². The molecular weight excluding hydrogens is 354 g/mol. The molecule has 0 radical (unpaired) electrons. The molecule has 1 aromatic heterocycles. The molecule has 0 N–H and O–H groups in total. The summed E-state index contributed by atoms with van der Waals surface area (Å²) < 4.78 is 59.9. The highest BCUT2D eigenvalue weighted by Crippen LogP contribution is 2.36. The number of hydroxylamine groups is 2. The van der Waals surface area contributed by atoms with Gasteiger partial charge in [-0.05, 0) is 30.3 Å². The molecule has 2 heterocycles. The molecule has 2 aromatic rings. The summed E-state index contributed by atoms with van der Waals surface area (Å²) in [5, 5.41) is 0.176. The molecule has 1 aliphatic heterocycles. The smallest absolute Gasteiger partial charge is 0.221 e. The van der Waals surface area contributed by atoms with E-state index in [0.717, 1.165) is 22.5 Å². The number of hydrogen-bond acceptors (Lipinski definition) is 5. The zero-order valence-corrected chi connectivity index (χ0v) is 14.5. The lowest BCUT2D eigenvalue weighted by molar-refractivity contribution is -0.111. The third kappa shape index (κ3) is 3.45. The van der Waals surface area contributed by atoms with Crippen LogP contribution < -0.4 is 0 Å². The predicted octanol–water partition coefficient (Wildman–Crippen LogP) is 2.31. The monoisotopic (exact) mass is 372 g/mol. The molecule has 2 atom stereocenters. The van der Waals surface area contributed by atoms with Gasteiger partial charge in [0.25, 0.3) is 0 Å². The lowest BCUT2D eigenvalue weighted by Gasteiger charge is -2.26. The molecule has 1 aliphatic rings. The Hall–Kier alpha value is -1.81. The number of furan rings is 1. The largest absolute Gasteiger partial charge is 0.468 e. The third-order valence-corrected chi connectivity index (χ3v) is 6.40. The molecule has 0 bridgehead atoms. The summed E-state index contributed by atoms with van der Waals surface area (Å²) in [6, 6.07) is 5.33. The van der Waals surface area contributed by atoms with Crippen molar-refractivity contribution in [1.29, 1.82) is 0 Å². The molecule has 0 amide bonds. The fraction of sp³-hybridized carbons (Fsp3) is 0.375. The van der Waals surface area contributed by atoms with Crippen LogP contribution >= 0.6 is 0 Å². The summed E-state index contributed by atoms with van der Waals surface area (Å²) >= 11 is 0. The highest BCUT2D eigenvalue weighted by atomic mass is 32.2. The molecule has 6 nitrogen and oxygen atoms in total. The molecular formula is C16H18F2N2O4S. The van der Waals surface area contributed by atoms with Crippen LogP contribution in [0.2, 0.25) is 0 Å². The van der Waals surface area contributed by atoms with E-state index in [2.05, 4.69) is 0 Å². The van der Waals surface area contributed by atoms with E-state index in [1.165, 1.54) is 25.4 Å². The Bertz CT molecular complexity index is 842. The minimum absolute atomic E-state index is 0.0356. The van der Waals surface area contributed by atoms with Gasteiger partial charge in [0, 0.05) is 19.7 Å². The minimum atomic E-state index is -3.86. The van der Waals surface area contributed by atoms with Crippen LogP contribution in [0.15, 0.2) is 41.0 Å². The zero-order chi connectivity index (χ0) is 18.2. The van der Waals surface area contributed by atoms with Crippen LogP contribution in [-0.4, -0.2) is 43.7 Å². The Morgan fingerprint density at radius 3 is 2.76 bits per heavy atom. The van der Waals surface area contributed by atoms with E-state index >= 15 is 0 Å². The van der Waals surface area contributed by atoms with Gasteiger partial charge in [0.05, 0.1) is 25.5 Å². The van der Waals surface area contributed by atoms with Gasteiger partial charge in [-0.25, -0.2) is 17.2 Å². The van der Waals surface area contributed by atoms with Crippen LogP contribution in [0.25, 0.3) is 0 Å². The van der Waals surface area contributed by atoms with Crippen LogP contribution in [0, 0.1) is 11.6 Å². The molecule has 0 unspecified atom stereocenters. The summed E-state index contributed by atoms with van der Waals surface area (Å²) in [5.74, 6) is -0.846. The number of rotatable bonds is 5. The number of benzene rings is 1. The van der Waals surface area contributed by atoms with E-state index in [9.17, 15) is 17.2 Å². The molecule has 0 spiro atoms. The minimum Gasteiger partial charge on any atom is -0.468 e. The Morgan fingerprint density at radius 2 is 2.08 bits per heavy atom. The highest BCUT2D eigenvalue weighted by Gasteiger charge is 2.46. The van der Waals surface area contributed by atoms with Crippen molar-refractivity contribution < 1.29 is 26.5 Å². The second-order valence-electron chi connectivity index (χ2n) is 5.87. The maximum absolute atomic E-state index is 14.2. The van der Waals surface area contributed by atoms with Crippen molar-refractivity contribution in [1.82, 2.24) is 9.37 Å². The molecule has 136 valence electrons. The summed E-state index contributed by atoms with van der Waals surface area (Å²) in [5.41, 5.74) is -0.0556. The quantitative estimate of drug-likeness (QED) is 0.806. The lowest BCUT2D eigenvalue weighted by Crippen LogP contribution is -2.40. The lowest BCUT2D eigenvalue weighted by atomic mass is 10.0. The first-order valence-corrected chi connectivity index (χ1v) is 9.09. The van der Waals surface area contributed by atoms with Crippen LogP contribution in [0.4, 0.5) is 8.78 Å². The topological polar surface area (TPSA) is 63.0 Å². The number of sulfonamides is 1. The number of nitrogens with zero attached hydrogens (tertiary/aromatic N) is 2. The highest BCUT2D eigenvalue weighted by molar-refractivity contribution is 7.89. The van der Waals surface area contributed by atoms with Crippen LogP contribution in [0.1, 0.15) is 17.4 Å². The van der Waals surface area contributed by atoms with Crippen molar-refractivity contribution in [3.05, 3.63) is 59.6 Å². The molecule has 9 heteroatoms. The van der Waals surface area contributed by atoms with E-state index in [4.69, 9.17) is 9.25 Å². The van der Waals surface area contributed by atoms with Gasteiger partial charge in [0.15, 0.2) is 0 Å². The van der Waals surface area contributed by atoms with Crippen molar-refractivity contribution in [2.75, 3.05) is 20.7 Å². The Balaban J connectivity index is 1.92. The van der Waals surface area contributed by atoms with Crippen molar-refractivity contribution >= 4 is 10.0 Å². The first kappa shape index (κ1) is 18.0. The molecule has 3 rings (SSSR count). The van der Waals surface area contributed by atoms with E-state index < -0.39 is 32.9 Å². The second kappa shape index (κ2) is 6.83. The van der Waals surface area contributed by atoms with Crippen LogP contribution in [0.5, 0.6) is 0 Å². The van der Waals surface area contributed by atoms with Gasteiger partial charge in [-0.3, -0.25) is 4.84 Å². The summed E-state index contributed by atoms with van der Waals surface area (Å²) in [4.78, 5) is 5.31. The first-order valence-electron chi connectivity index (χ1n) is 7.59. The molecule has 0 saturated carbocycles. The number of hydrogen-bond donors (Lipinski definition) is 0. The van der Waals surface area contributed by atoms with Crippen LogP contribution in [-0.2, 0) is 21.4 Å². The van der Waals surface area contributed by atoms with E-state index in [0.29, 0.717) is 5.76 Å². The Labute approximate surface area is 144 Å². The molecule has 1 fully saturated rings. The molecule has 1 saturated heterocycles. The normalized spacial score (nSPS) is 22.0. The van der Waals surface area contributed by atoms with E-state index in [1.807, 2.05) is 0 Å². The molecule has 1 aromatic carbocycles. The van der Waals surface area contributed by atoms with Gasteiger partial charge >= 0.3 is 0 Å². The van der Waals surface area contributed by atoms with Gasteiger partial charge < -0.3 is 4.42 Å². The summed E-state index contributed by atoms with van der Waals surface area (Å²) in [6.07, 6.45) is 1.45. The first-order chi connectivity index (χ1) is 11.8. The SMILES string of the molecule is CN1OC[C@H](S(=O)(=O)N(C)Cc2ccco2)[C@H]1c1cc(F)ccc1F. The van der Waals surface area contributed by atoms with Gasteiger partial charge in [-0.2, -0.15) is 9.37 Å². The fourth-order valence-corrected chi connectivity index (χ4v) is 4.57. The molecule has 0 aliphatic carbocycles. The molecule has 25 heavy (non-hydrogen) atoms. The standard InChI is InChI=1S/C16H18F2N2O4S/c1-19(9-12-4-3-7-23-12)25(21,22)15-10-24-20(2)16(15)13-8-11(17)5-6-14(13)18/h3-8,15-16H,9-10H2,1-2H3/t15-,16+/m0/s1. The fourth-order valence-electron chi connectivity index (χ4n) is 2.93. The van der Waals surface area contributed by atoms with Crippen molar-refractivity contribution in [2.45, 2.75) is 17.8 Å². The van der Waals surface area contributed by atoms with Gasteiger partial charge in [-0.15, -0.1) is 0 Å². The Morgan fingerprint density at radius 1 is 1.32 bits per heavy atom. The zero-order valence-electron chi connectivity index (χ0n) is 13.7. The van der Waals surface area contributed by atoms with Crippen LogP contribution in [0.3, 0.4) is 0 Å². The average molecular weight is 372 g/mol. The number of halogens is 2. The Kier molecular flexibility index (Phi) is 4.92. The summed E-state index contributed by atoms with van der Waals surface area (Å²) in [6.45, 7) is -0.115. The summed E-state index contributed by atoms with van der Waals surface area (Å²) in [7, 11) is -0.948. The maximum atomic E-state index is 14.2. The van der Waals surface area contributed by atoms with Crippen molar-refractivity contribution in [3.8, 4) is 0 Å². The van der Waals surface area contributed by atoms with Gasteiger partial charge in [0.1, 0.15) is 22.6 Å². The second-order valence-corrected chi connectivity index (χ2v) is 8.13. The maximum Gasteiger partial charge on any atom is 0.221 e. The van der Waals surface area contributed by atoms with Gasteiger partial charge in [-0.1, -0.05) is 0 Å². The van der Waals surface area contributed by atoms with E-state index in [1.54, 1.807) is 12.1 Å². The van der Waals surface area contributed by atoms with Gasteiger partial charge in [0.2, 0.25) is 10.0 Å². The predicted molar refractivity (Wildman–Crippen MR) is 85.7 cm³/mol. The van der Waals surface area contributed by atoms with E-state index in [-0.39, 0.29) is 18.7 Å². The third-order valence-electron chi connectivity index (χ3n) is 4.24.